The molecule has 1 fully saturated rings. The van der Waals surface area contributed by atoms with Crippen molar-refractivity contribution in [3.05, 3.63) is 77.4 Å². The number of rotatable bonds is 10. The molecule has 9 heteroatoms. The predicted molar refractivity (Wildman–Crippen MR) is 131 cm³/mol. The first-order chi connectivity index (χ1) is 16.8. The van der Waals surface area contributed by atoms with Crippen molar-refractivity contribution in [3.8, 4) is 5.75 Å². The van der Waals surface area contributed by atoms with Crippen LogP contribution in [0.2, 0.25) is 0 Å². The minimum absolute atomic E-state index is 0.00848. The van der Waals surface area contributed by atoms with Gasteiger partial charge in [0.15, 0.2) is 0 Å². The van der Waals surface area contributed by atoms with E-state index >= 15 is 0 Å². The monoisotopic (exact) mass is 498 g/mol. The van der Waals surface area contributed by atoms with Crippen LogP contribution in [0, 0.1) is 11.7 Å². The number of benzene rings is 2. The van der Waals surface area contributed by atoms with E-state index in [9.17, 15) is 12.8 Å². The third kappa shape index (κ3) is 5.74. The van der Waals surface area contributed by atoms with Crippen molar-refractivity contribution in [2.75, 3.05) is 26.2 Å². The van der Waals surface area contributed by atoms with Crippen molar-refractivity contribution in [2.24, 2.45) is 11.1 Å². The fraction of sp³-hybridized carbons (Fsp3) is 0.423. The highest BCUT2D eigenvalue weighted by Crippen LogP contribution is 2.42. The molecule has 2 heterocycles. The van der Waals surface area contributed by atoms with Gasteiger partial charge in [-0.1, -0.05) is 18.2 Å². The van der Waals surface area contributed by atoms with Gasteiger partial charge < -0.3 is 9.64 Å². The summed E-state index contributed by atoms with van der Waals surface area (Å²) in [7, 11) is -3.74. The Morgan fingerprint density at radius 3 is 2.74 bits per heavy atom. The summed E-state index contributed by atoms with van der Waals surface area (Å²) in [4.78, 5) is 2.53. The molecule has 1 saturated heterocycles. The third-order valence-corrected chi connectivity index (χ3v) is 7.96. The Morgan fingerprint density at radius 2 is 2.03 bits per heavy atom. The molecule has 3 aromatic rings. The number of likely N-dealkylation sites (tertiary alicyclic amines) is 1. The Morgan fingerprint density at radius 1 is 1.17 bits per heavy atom. The maximum absolute atomic E-state index is 13.9. The first-order valence-electron chi connectivity index (χ1n) is 12.1. The van der Waals surface area contributed by atoms with Gasteiger partial charge in [0.25, 0.3) is 0 Å². The molecule has 1 aliphatic carbocycles. The molecule has 2 aromatic carbocycles. The van der Waals surface area contributed by atoms with E-state index in [0.717, 1.165) is 30.7 Å². The number of aryl methyl sites for hydroxylation is 1. The van der Waals surface area contributed by atoms with Crippen LogP contribution < -0.4 is 9.88 Å². The van der Waals surface area contributed by atoms with Crippen molar-refractivity contribution in [3.63, 3.8) is 0 Å². The zero-order valence-corrected chi connectivity index (χ0v) is 20.5. The molecule has 0 spiro atoms. The van der Waals surface area contributed by atoms with E-state index in [-0.39, 0.29) is 10.7 Å². The fourth-order valence-corrected chi connectivity index (χ4v) is 5.65. The maximum Gasteiger partial charge on any atom is 0.241 e. The van der Waals surface area contributed by atoms with E-state index in [1.165, 1.54) is 49.1 Å². The summed E-state index contributed by atoms with van der Waals surface area (Å²) < 4.78 is 44.2. The topological polar surface area (TPSA) is 90.5 Å². The van der Waals surface area contributed by atoms with E-state index in [2.05, 4.69) is 22.1 Å². The van der Waals surface area contributed by atoms with Gasteiger partial charge in [-0.05, 0) is 85.1 Å². The zero-order chi connectivity index (χ0) is 24.4. The summed E-state index contributed by atoms with van der Waals surface area (Å²) in [6.07, 6.45) is 6.49. The largest absolute Gasteiger partial charge is 0.494 e. The predicted octanol–water partition coefficient (Wildman–Crippen LogP) is 3.34. The van der Waals surface area contributed by atoms with Gasteiger partial charge in [0.1, 0.15) is 16.5 Å². The van der Waals surface area contributed by atoms with Crippen molar-refractivity contribution in [1.82, 2.24) is 14.7 Å². The quantitative estimate of drug-likeness (QED) is 0.433. The first-order valence-corrected chi connectivity index (χ1v) is 13.7. The van der Waals surface area contributed by atoms with Crippen LogP contribution >= 0.6 is 0 Å². The minimum Gasteiger partial charge on any atom is -0.494 e. The summed E-state index contributed by atoms with van der Waals surface area (Å²) in [5.74, 6) is 1.47. The summed E-state index contributed by atoms with van der Waals surface area (Å²) in [6, 6.07) is 13.3. The molecule has 2 unspecified atom stereocenters. The minimum atomic E-state index is -3.74. The van der Waals surface area contributed by atoms with Gasteiger partial charge in [0, 0.05) is 25.7 Å². The molecular formula is C26H31FN4O3S. The smallest absolute Gasteiger partial charge is 0.241 e. The van der Waals surface area contributed by atoms with Gasteiger partial charge in [-0.3, -0.25) is 4.68 Å². The summed E-state index contributed by atoms with van der Waals surface area (Å²) in [5.41, 5.74) is 3.69. The summed E-state index contributed by atoms with van der Waals surface area (Å²) >= 11 is 0. The molecule has 0 saturated carbocycles. The number of sulfonamides is 1. The molecule has 0 radical (unpaired) electrons. The highest BCUT2D eigenvalue weighted by atomic mass is 32.2. The van der Waals surface area contributed by atoms with Crippen molar-refractivity contribution in [2.45, 2.75) is 43.0 Å². The molecule has 2 aliphatic rings. The van der Waals surface area contributed by atoms with Crippen LogP contribution in [-0.4, -0.2) is 49.3 Å². The van der Waals surface area contributed by atoms with Gasteiger partial charge in [-0.2, -0.15) is 5.10 Å². The Kier molecular flexibility index (Phi) is 6.91. The Hall–Kier alpha value is -2.75. The van der Waals surface area contributed by atoms with Crippen LogP contribution in [0.3, 0.4) is 0 Å². The standard InChI is InChI=1S/C26H31FN4O3S/c27-22-5-1-4-19(12-22)13-25-21(17-30-8-2-9-30)14-20-6-7-23(15-26(20)25)34-11-3-10-31-18-24(16-29-31)35(28,32)33/h1,4-7,12,15-16,18,21,25H,2-3,8-11,13-14,17H2,(H2,28,32,33). The van der Waals surface area contributed by atoms with Crippen LogP contribution in [0.15, 0.2) is 59.8 Å². The number of aromatic nitrogens is 2. The molecule has 0 amide bonds. The number of nitrogens with two attached hydrogens (primary N) is 1. The van der Waals surface area contributed by atoms with Crippen molar-refractivity contribution in [1.29, 1.82) is 0 Å². The average Bonchev–Trinajstić information content (AvgIpc) is 3.39. The number of hydrogen-bond donors (Lipinski definition) is 1. The lowest BCUT2D eigenvalue weighted by molar-refractivity contribution is 0.145. The van der Waals surface area contributed by atoms with Crippen molar-refractivity contribution < 1.29 is 17.5 Å². The zero-order valence-electron chi connectivity index (χ0n) is 19.6. The van der Waals surface area contributed by atoms with E-state index < -0.39 is 10.0 Å². The van der Waals surface area contributed by atoms with Crippen LogP contribution in [-0.2, 0) is 29.4 Å². The maximum atomic E-state index is 13.9. The molecule has 2 atom stereocenters. The number of nitrogens with zero attached hydrogens (tertiary/aromatic N) is 3. The van der Waals surface area contributed by atoms with Gasteiger partial charge in [0.2, 0.25) is 10.0 Å². The highest BCUT2D eigenvalue weighted by Gasteiger charge is 2.35. The Balaban J connectivity index is 1.24. The number of ether oxygens (including phenoxy) is 1. The molecule has 2 N–H and O–H groups in total. The van der Waals surface area contributed by atoms with Gasteiger partial charge in [-0.25, -0.2) is 17.9 Å². The molecule has 7 nitrogen and oxygen atoms in total. The molecule has 1 aliphatic heterocycles. The molecule has 1 aromatic heterocycles. The highest BCUT2D eigenvalue weighted by molar-refractivity contribution is 7.89. The van der Waals surface area contributed by atoms with Gasteiger partial charge in [-0.15, -0.1) is 0 Å². The molecular weight excluding hydrogens is 467 g/mol. The number of halogens is 1. The number of fused-ring (bicyclic) bond motifs is 1. The van der Waals surface area contributed by atoms with E-state index in [1.54, 1.807) is 16.8 Å². The summed E-state index contributed by atoms with van der Waals surface area (Å²) in [6.45, 7) is 4.43. The van der Waals surface area contributed by atoms with Crippen LogP contribution in [0.5, 0.6) is 5.75 Å². The first kappa shape index (κ1) is 24.0. The number of primary sulfonamides is 1. The van der Waals surface area contributed by atoms with Crippen LogP contribution in [0.25, 0.3) is 0 Å². The third-order valence-electron chi connectivity index (χ3n) is 7.09. The molecule has 0 bridgehead atoms. The second kappa shape index (κ2) is 10.1. The second-order valence-electron chi connectivity index (χ2n) is 9.61. The average molecular weight is 499 g/mol. The lowest BCUT2D eigenvalue weighted by Crippen LogP contribution is -2.41. The van der Waals surface area contributed by atoms with E-state index in [4.69, 9.17) is 9.88 Å². The van der Waals surface area contributed by atoms with Gasteiger partial charge in [0.05, 0.1) is 12.8 Å². The summed E-state index contributed by atoms with van der Waals surface area (Å²) in [5, 5.41) is 9.18. The lowest BCUT2D eigenvalue weighted by Gasteiger charge is -2.35. The fourth-order valence-electron chi connectivity index (χ4n) is 5.19. The van der Waals surface area contributed by atoms with E-state index in [0.29, 0.717) is 31.4 Å². The van der Waals surface area contributed by atoms with E-state index in [1.807, 2.05) is 12.1 Å². The van der Waals surface area contributed by atoms with Crippen LogP contribution in [0.4, 0.5) is 4.39 Å². The normalized spacial score (nSPS) is 19.9. The van der Waals surface area contributed by atoms with Gasteiger partial charge >= 0.3 is 0 Å². The number of hydrogen-bond acceptors (Lipinski definition) is 5. The molecule has 5 rings (SSSR count). The second-order valence-corrected chi connectivity index (χ2v) is 11.2. The lowest BCUT2D eigenvalue weighted by atomic mass is 9.86. The Bertz CT molecular complexity index is 1290. The molecule has 35 heavy (non-hydrogen) atoms. The Labute approximate surface area is 205 Å². The molecule has 186 valence electrons. The van der Waals surface area contributed by atoms with Crippen molar-refractivity contribution >= 4 is 10.0 Å². The van der Waals surface area contributed by atoms with Crippen LogP contribution in [0.1, 0.15) is 35.4 Å². The SMILES string of the molecule is NS(=O)(=O)c1cnn(CCCOc2ccc3c(c2)C(Cc2cccc(F)c2)C(CN2CCC2)C3)c1.